The Labute approximate surface area is 138 Å². The summed E-state index contributed by atoms with van der Waals surface area (Å²) in [5, 5.41) is 2.62. The summed E-state index contributed by atoms with van der Waals surface area (Å²) in [5.41, 5.74) is 2.40. The summed E-state index contributed by atoms with van der Waals surface area (Å²) < 4.78 is 26.8. The number of aryl methyl sites for hydroxylation is 1. The molecule has 0 saturated heterocycles. The van der Waals surface area contributed by atoms with Gasteiger partial charge in [-0.25, -0.2) is 8.78 Å². The lowest BCUT2D eigenvalue weighted by Crippen LogP contribution is -2.12. The second-order valence-electron chi connectivity index (χ2n) is 5.36. The molecular formula is C19H14F2N2O. The van der Waals surface area contributed by atoms with Gasteiger partial charge in [-0.05, 0) is 48.9 Å². The summed E-state index contributed by atoms with van der Waals surface area (Å²) in [6.07, 6.45) is 1.40. The van der Waals surface area contributed by atoms with E-state index in [2.05, 4.69) is 10.3 Å². The smallest absolute Gasteiger partial charge is 0.257 e. The molecule has 3 nitrogen and oxygen atoms in total. The Morgan fingerprint density at radius 2 is 1.88 bits per heavy atom. The number of hydrogen-bond donors (Lipinski definition) is 1. The fourth-order valence-electron chi connectivity index (χ4n) is 2.22. The molecule has 2 aromatic carbocycles. The topological polar surface area (TPSA) is 42.0 Å². The quantitative estimate of drug-likeness (QED) is 0.766. The number of anilines is 1. The van der Waals surface area contributed by atoms with Crippen molar-refractivity contribution in [2.24, 2.45) is 0 Å². The predicted octanol–water partition coefficient (Wildman–Crippen LogP) is 4.59. The number of amides is 1. The third kappa shape index (κ3) is 3.46. The lowest BCUT2D eigenvalue weighted by atomic mass is 10.1. The second kappa shape index (κ2) is 6.58. The Kier molecular flexibility index (Phi) is 4.33. The van der Waals surface area contributed by atoms with Crippen molar-refractivity contribution < 1.29 is 13.6 Å². The molecule has 5 heteroatoms. The van der Waals surface area contributed by atoms with E-state index in [-0.39, 0.29) is 11.6 Å². The van der Waals surface area contributed by atoms with Gasteiger partial charge in [-0.1, -0.05) is 18.2 Å². The molecular weight excluding hydrogens is 310 g/mol. The van der Waals surface area contributed by atoms with Crippen LogP contribution in [-0.4, -0.2) is 10.9 Å². The van der Waals surface area contributed by atoms with Crippen molar-refractivity contribution in [3.05, 3.63) is 83.6 Å². The first-order valence-corrected chi connectivity index (χ1v) is 7.32. The fourth-order valence-corrected chi connectivity index (χ4v) is 2.22. The van der Waals surface area contributed by atoms with E-state index in [0.717, 1.165) is 0 Å². The normalized spacial score (nSPS) is 10.5. The average molecular weight is 324 g/mol. The van der Waals surface area contributed by atoms with Gasteiger partial charge < -0.3 is 5.32 Å². The van der Waals surface area contributed by atoms with Gasteiger partial charge in [0, 0.05) is 17.4 Å². The SMILES string of the molecule is Cc1ccc(NC(=O)c2ccc(-c3cccc(F)c3)nc2)cc1F. The van der Waals surface area contributed by atoms with Gasteiger partial charge in [0.25, 0.3) is 5.91 Å². The maximum Gasteiger partial charge on any atom is 0.257 e. The lowest BCUT2D eigenvalue weighted by Gasteiger charge is -2.07. The summed E-state index contributed by atoms with van der Waals surface area (Å²) in [4.78, 5) is 16.4. The highest BCUT2D eigenvalue weighted by molar-refractivity contribution is 6.04. The van der Waals surface area contributed by atoms with E-state index < -0.39 is 5.91 Å². The van der Waals surface area contributed by atoms with E-state index in [0.29, 0.717) is 28.1 Å². The molecule has 0 unspecified atom stereocenters. The monoisotopic (exact) mass is 324 g/mol. The Bertz CT molecular complexity index is 892. The molecule has 0 bridgehead atoms. The highest BCUT2D eigenvalue weighted by Crippen LogP contribution is 2.19. The van der Waals surface area contributed by atoms with Crippen molar-refractivity contribution in [2.75, 3.05) is 5.32 Å². The molecule has 1 heterocycles. The molecule has 1 aromatic heterocycles. The minimum atomic E-state index is -0.392. The standard InChI is InChI=1S/C19H14F2N2O/c1-12-5-7-16(10-17(12)21)23-19(24)14-6-8-18(22-11-14)13-3-2-4-15(20)9-13/h2-11H,1H3,(H,23,24). The summed E-state index contributed by atoms with van der Waals surface area (Å²) in [6.45, 7) is 1.65. The van der Waals surface area contributed by atoms with Crippen molar-refractivity contribution in [3.63, 3.8) is 0 Å². The molecule has 0 atom stereocenters. The van der Waals surface area contributed by atoms with Gasteiger partial charge in [0.1, 0.15) is 11.6 Å². The van der Waals surface area contributed by atoms with Crippen LogP contribution in [0.25, 0.3) is 11.3 Å². The molecule has 24 heavy (non-hydrogen) atoms. The van der Waals surface area contributed by atoms with Gasteiger partial charge >= 0.3 is 0 Å². The minimum absolute atomic E-state index is 0.330. The maximum atomic E-state index is 13.5. The average Bonchev–Trinajstić information content (AvgIpc) is 2.58. The second-order valence-corrected chi connectivity index (χ2v) is 5.36. The molecule has 0 fully saturated rings. The lowest BCUT2D eigenvalue weighted by molar-refractivity contribution is 0.102. The molecule has 0 saturated carbocycles. The Hall–Kier alpha value is -3.08. The molecule has 0 radical (unpaired) electrons. The Morgan fingerprint density at radius 3 is 2.54 bits per heavy atom. The van der Waals surface area contributed by atoms with E-state index >= 15 is 0 Å². The summed E-state index contributed by atoms with van der Waals surface area (Å²) >= 11 is 0. The molecule has 3 aromatic rings. The van der Waals surface area contributed by atoms with Gasteiger partial charge in [0.2, 0.25) is 0 Å². The van der Waals surface area contributed by atoms with Crippen LogP contribution >= 0.6 is 0 Å². The van der Waals surface area contributed by atoms with Crippen LogP contribution in [-0.2, 0) is 0 Å². The zero-order chi connectivity index (χ0) is 17.1. The summed E-state index contributed by atoms with van der Waals surface area (Å²) in [6, 6.07) is 13.8. The zero-order valence-electron chi connectivity index (χ0n) is 12.9. The molecule has 120 valence electrons. The third-order valence-electron chi connectivity index (χ3n) is 3.58. The molecule has 0 aliphatic rings. The first-order valence-electron chi connectivity index (χ1n) is 7.32. The first-order chi connectivity index (χ1) is 11.5. The van der Waals surface area contributed by atoms with Crippen molar-refractivity contribution >= 4 is 11.6 Å². The highest BCUT2D eigenvalue weighted by atomic mass is 19.1. The number of carbonyl (C=O) groups excluding carboxylic acids is 1. The van der Waals surface area contributed by atoms with Gasteiger partial charge in [-0.15, -0.1) is 0 Å². The van der Waals surface area contributed by atoms with Crippen LogP contribution in [0.2, 0.25) is 0 Å². The molecule has 3 rings (SSSR count). The summed E-state index contributed by atoms with van der Waals surface area (Å²) in [5.74, 6) is -1.12. The zero-order valence-corrected chi connectivity index (χ0v) is 12.9. The van der Waals surface area contributed by atoms with Crippen LogP contribution in [0, 0.1) is 18.6 Å². The first kappa shape index (κ1) is 15.8. The predicted molar refractivity (Wildman–Crippen MR) is 88.7 cm³/mol. The van der Waals surface area contributed by atoms with Gasteiger partial charge in [0.15, 0.2) is 0 Å². The molecule has 0 aliphatic carbocycles. The fraction of sp³-hybridized carbons (Fsp3) is 0.0526. The Morgan fingerprint density at radius 1 is 1.04 bits per heavy atom. The van der Waals surface area contributed by atoms with E-state index in [1.165, 1.54) is 24.4 Å². The number of benzene rings is 2. The number of nitrogens with one attached hydrogen (secondary N) is 1. The number of aromatic nitrogens is 1. The number of halogens is 2. The number of hydrogen-bond acceptors (Lipinski definition) is 2. The van der Waals surface area contributed by atoms with E-state index in [4.69, 9.17) is 0 Å². The van der Waals surface area contributed by atoms with Gasteiger partial charge in [-0.3, -0.25) is 9.78 Å². The van der Waals surface area contributed by atoms with Crippen molar-refractivity contribution in [1.29, 1.82) is 0 Å². The van der Waals surface area contributed by atoms with Gasteiger partial charge in [-0.2, -0.15) is 0 Å². The molecule has 0 aliphatic heterocycles. The van der Waals surface area contributed by atoms with Gasteiger partial charge in [0.05, 0.1) is 11.3 Å². The van der Waals surface area contributed by atoms with Crippen LogP contribution in [0.3, 0.4) is 0 Å². The van der Waals surface area contributed by atoms with Crippen LogP contribution in [0.1, 0.15) is 15.9 Å². The largest absolute Gasteiger partial charge is 0.322 e. The summed E-state index contributed by atoms with van der Waals surface area (Å²) in [7, 11) is 0. The van der Waals surface area contributed by atoms with Crippen molar-refractivity contribution in [3.8, 4) is 11.3 Å². The Balaban J connectivity index is 1.77. The third-order valence-corrected chi connectivity index (χ3v) is 3.58. The number of rotatable bonds is 3. The van der Waals surface area contributed by atoms with Crippen LogP contribution in [0.15, 0.2) is 60.8 Å². The van der Waals surface area contributed by atoms with Crippen LogP contribution in [0.5, 0.6) is 0 Å². The van der Waals surface area contributed by atoms with E-state index in [9.17, 15) is 13.6 Å². The molecule has 1 N–H and O–H groups in total. The van der Waals surface area contributed by atoms with Crippen LogP contribution < -0.4 is 5.32 Å². The minimum Gasteiger partial charge on any atom is -0.322 e. The van der Waals surface area contributed by atoms with Crippen LogP contribution in [0.4, 0.5) is 14.5 Å². The maximum absolute atomic E-state index is 13.5. The molecule has 0 spiro atoms. The highest BCUT2D eigenvalue weighted by Gasteiger charge is 2.09. The number of nitrogens with zero attached hydrogens (tertiary/aromatic N) is 1. The van der Waals surface area contributed by atoms with Crippen molar-refractivity contribution in [1.82, 2.24) is 4.98 Å². The van der Waals surface area contributed by atoms with E-state index in [1.807, 2.05) is 0 Å². The molecule has 1 amide bonds. The van der Waals surface area contributed by atoms with Crippen molar-refractivity contribution in [2.45, 2.75) is 6.92 Å². The number of pyridine rings is 1. The number of carbonyl (C=O) groups is 1. The van der Waals surface area contributed by atoms with E-state index in [1.54, 1.807) is 43.3 Å².